The van der Waals surface area contributed by atoms with Crippen molar-refractivity contribution in [2.24, 2.45) is 0 Å². The molecular formula is C14H12N8S. The third-order valence-corrected chi connectivity index (χ3v) is 4.19. The molecular weight excluding hydrogens is 312 g/mol. The molecule has 3 aromatic heterocycles. The van der Waals surface area contributed by atoms with Crippen LogP contribution in [0.3, 0.4) is 0 Å². The number of hydrogen-bond acceptors (Lipinski definition) is 7. The number of fused-ring (bicyclic) bond motifs is 1. The van der Waals surface area contributed by atoms with E-state index in [1.54, 1.807) is 9.20 Å². The Balaban J connectivity index is 1.67. The lowest BCUT2D eigenvalue weighted by atomic mass is 10.2. The number of rotatable bonds is 4. The molecule has 1 aromatic carbocycles. The van der Waals surface area contributed by atoms with Crippen LogP contribution in [-0.4, -0.2) is 39.8 Å². The van der Waals surface area contributed by atoms with E-state index in [2.05, 4.69) is 30.6 Å². The Morgan fingerprint density at radius 2 is 2.04 bits per heavy atom. The van der Waals surface area contributed by atoms with E-state index in [-0.39, 0.29) is 0 Å². The average Bonchev–Trinajstić information content (AvgIpc) is 3.18. The van der Waals surface area contributed by atoms with Crippen molar-refractivity contribution >= 4 is 17.5 Å². The highest BCUT2D eigenvalue weighted by molar-refractivity contribution is 7.99. The maximum absolute atomic E-state index is 4.33. The van der Waals surface area contributed by atoms with Crippen LogP contribution in [0.25, 0.3) is 5.78 Å². The lowest BCUT2D eigenvalue weighted by molar-refractivity contribution is 0.602. The molecule has 4 aromatic rings. The smallest absolute Gasteiger partial charge is 0.216 e. The first-order valence-electron chi connectivity index (χ1n) is 6.95. The van der Waals surface area contributed by atoms with Gasteiger partial charge in [-0.3, -0.25) is 0 Å². The molecule has 0 fully saturated rings. The molecule has 0 amide bonds. The van der Waals surface area contributed by atoms with E-state index in [9.17, 15) is 0 Å². The number of aryl methyl sites for hydroxylation is 1. The largest absolute Gasteiger partial charge is 0.253 e. The van der Waals surface area contributed by atoms with Crippen LogP contribution in [0.4, 0.5) is 0 Å². The van der Waals surface area contributed by atoms with E-state index in [1.165, 1.54) is 18.1 Å². The molecule has 0 atom stereocenters. The Bertz CT molecular complexity index is 946. The first-order chi connectivity index (χ1) is 11.3. The van der Waals surface area contributed by atoms with Crippen molar-refractivity contribution in [3.8, 4) is 0 Å². The monoisotopic (exact) mass is 324 g/mol. The third kappa shape index (κ3) is 2.78. The lowest BCUT2D eigenvalue weighted by Gasteiger charge is -2.06. The van der Waals surface area contributed by atoms with Gasteiger partial charge in [-0.25, -0.2) is 9.67 Å². The Morgan fingerprint density at radius 1 is 1.17 bits per heavy atom. The summed E-state index contributed by atoms with van der Waals surface area (Å²) in [6.07, 6.45) is 1.48. The molecule has 0 N–H and O–H groups in total. The van der Waals surface area contributed by atoms with Crippen LogP contribution in [0.1, 0.15) is 11.3 Å². The van der Waals surface area contributed by atoms with Crippen molar-refractivity contribution in [2.45, 2.75) is 23.7 Å². The fourth-order valence-corrected chi connectivity index (χ4v) is 3.10. The molecule has 0 saturated heterocycles. The second-order valence-corrected chi connectivity index (χ2v) is 5.90. The zero-order chi connectivity index (χ0) is 15.6. The summed E-state index contributed by atoms with van der Waals surface area (Å²) in [5.41, 5.74) is 2.01. The van der Waals surface area contributed by atoms with E-state index in [0.29, 0.717) is 17.5 Å². The Kier molecular flexibility index (Phi) is 3.46. The summed E-state index contributed by atoms with van der Waals surface area (Å²) in [5.74, 6) is 0.564. The minimum Gasteiger partial charge on any atom is -0.216 e. The molecule has 0 radical (unpaired) electrons. The van der Waals surface area contributed by atoms with Gasteiger partial charge in [0.2, 0.25) is 5.16 Å². The van der Waals surface area contributed by atoms with Crippen LogP contribution in [0.2, 0.25) is 0 Å². The minimum atomic E-state index is 0.564. The quantitative estimate of drug-likeness (QED) is 0.527. The summed E-state index contributed by atoms with van der Waals surface area (Å²) < 4.78 is 3.44. The van der Waals surface area contributed by atoms with Gasteiger partial charge in [-0.15, -0.1) is 5.10 Å². The first kappa shape index (κ1) is 13.8. The molecule has 3 heterocycles. The van der Waals surface area contributed by atoms with Crippen LogP contribution < -0.4 is 0 Å². The Labute approximate surface area is 135 Å². The van der Waals surface area contributed by atoms with Crippen LogP contribution in [0, 0.1) is 6.92 Å². The van der Waals surface area contributed by atoms with E-state index < -0.39 is 0 Å². The maximum Gasteiger partial charge on any atom is 0.253 e. The number of hydrogen-bond donors (Lipinski definition) is 0. The highest BCUT2D eigenvalue weighted by Gasteiger charge is 2.13. The molecule has 0 aliphatic heterocycles. The van der Waals surface area contributed by atoms with E-state index in [1.807, 2.05) is 43.3 Å². The number of benzene rings is 1. The summed E-state index contributed by atoms with van der Waals surface area (Å²) in [6.45, 7) is 2.53. The average molecular weight is 324 g/mol. The van der Waals surface area contributed by atoms with Gasteiger partial charge in [-0.05, 0) is 40.7 Å². The summed E-state index contributed by atoms with van der Waals surface area (Å²) >= 11 is 1.44. The van der Waals surface area contributed by atoms with Gasteiger partial charge in [0, 0.05) is 5.69 Å². The lowest BCUT2D eigenvalue weighted by Crippen LogP contribution is -2.04. The van der Waals surface area contributed by atoms with Gasteiger partial charge in [0.05, 0.1) is 6.54 Å². The standard InChI is InChI=1S/C14H12N8S/c1-10-7-12(22-13(17-10)15-9-16-22)23-14-18-19-20-21(14)8-11-5-3-2-4-6-11/h2-7,9H,8H2,1H3. The highest BCUT2D eigenvalue weighted by Crippen LogP contribution is 2.25. The molecule has 0 aliphatic carbocycles. The van der Waals surface area contributed by atoms with Gasteiger partial charge >= 0.3 is 0 Å². The second-order valence-electron chi connectivity index (χ2n) is 4.91. The third-order valence-electron chi connectivity index (χ3n) is 3.22. The molecule has 8 nitrogen and oxygen atoms in total. The molecule has 0 spiro atoms. The maximum atomic E-state index is 4.33. The van der Waals surface area contributed by atoms with Crippen molar-refractivity contribution in [3.05, 3.63) is 54.0 Å². The van der Waals surface area contributed by atoms with Crippen molar-refractivity contribution < 1.29 is 0 Å². The fourth-order valence-electron chi connectivity index (χ4n) is 2.19. The molecule has 0 unspecified atom stereocenters. The number of nitrogens with zero attached hydrogens (tertiary/aromatic N) is 8. The highest BCUT2D eigenvalue weighted by atomic mass is 32.2. The SMILES string of the molecule is Cc1cc(Sc2nnnn2Cc2ccccc2)n2ncnc2n1. The van der Waals surface area contributed by atoms with Gasteiger partial charge in [0.15, 0.2) is 0 Å². The normalized spacial score (nSPS) is 11.2. The van der Waals surface area contributed by atoms with E-state index >= 15 is 0 Å². The summed E-state index contributed by atoms with van der Waals surface area (Å²) in [4.78, 5) is 8.46. The van der Waals surface area contributed by atoms with Gasteiger partial charge in [0.1, 0.15) is 11.4 Å². The van der Waals surface area contributed by atoms with Crippen molar-refractivity contribution in [1.29, 1.82) is 0 Å². The zero-order valence-electron chi connectivity index (χ0n) is 12.2. The van der Waals surface area contributed by atoms with Gasteiger partial charge in [-0.2, -0.15) is 14.6 Å². The Hall–Kier alpha value is -2.81. The van der Waals surface area contributed by atoms with E-state index in [4.69, 9.17) is 0 Å². The van der Waals surface area contributed by atoms with Gasteiger partial charge in [0.25, 0.3) is 5.78 Å². The van der Waals surface area contributed by atoms with E-state index in [0.717, 1.165) is 16.3 Å². The Morgan fingerprint density at radius 3 is 2.91 bits per heavy atom. The molecule has 0 bridgehead atoms. The summed E-state index contributed by atoms with van der Waals surface area (Å²) in [6, 6.07) is 12.0. The molecule has 0 saturated carbocycles. The molecule has 0 aliphatic rings. The molecule has 4 rings (SSSR count). The van der Waals surface area contributed by atoms with Crippen LogP contribution in [-0.2, 0) is 6.54 Å². The topological polar surface area (TPSA) is 86.7 Å². The number of aromatic nitrogens is 8. The predicted octanol–water partition coefficient (Wildman–Crippen LogP) is 1.62. The zero-order valence-corrected chi connectivity index (χ0v) is 13.1. The van der Waals surface area contributed by atoms with Crippen molar-refractivity contribution in [2.75, 3.05) is 0 Å². The predicted molar refractivity (Wildman–Crippen MR) is 83.0 cm³/mol. The first-order valence-corrected chi connectivity index (χ1v) is 7.76. The summed E-state index contributed by atoms with van der Waals surface area (Å²) in [7, 11) is 0. The molecule has 23 heavy (non-hydrogen) atoms. The van der Waals surface area contributed by atoms with Gasteiger partial charge in [-0.1, -0.05) is 30.3 Å². The molecule has 114 valence electrons. The number of tetrazole rings is 1. The second kappa shape index (κ2) is 5.76. The van der Waals surface area contributed by atoms with Crippen LogP contribution >= 0.6 is 11.8 Å². The molecule has 9 heteroatoms. The summed E-state index contributed by atoms with van der Waals surface area (Å²) in [5, 5.41) is 17.7. The minimum absolute atomic E-state index is 0.564. The fraction of sp³-hybridized carbons (Fsp3) is 0.143. The van der Waals surface area contributed by atoms with Crippen LogP contribution in [0.15, 0.2) is 52.9 Å². The van der Waals surface area contributed by atoms with Crippen molar-refractivity contribution in [1.82, 2.24) is 39.8 Å². The van der Waals surface area contributed by atoms with Gasteiger partial charge < -0.3 is 0 Å². The van der Waals surface area contributed by atoms with Crippen LogP contribution in [0.5, 0.6) is 0 Å². The van der Waals surface area contributed by atoms with Crippen molar-refractivity contribution in [3.63, 3.8) is 0 Å².